The lowest BCUT2D eigenvalue weighted by Crippen LogP contribution is -2.07. The van der Waals surface area contributed by atoms with E-state index in [2.05, 4.69) is 10.1 Å². The minimum absolute atomic E-state index is 0.0971. The van der Waals surface area contributed by atoms with Gasteiger partial charge in [0.2, 0.25) is 5.90 Å². The molecule has 0 radical (unpaired) electrons. The molecule has 0 saturated heterocycles. The van der Waals surface area contributed by atoms with Crippen LogP contribution in [0.5, 0.6) is 5.75 Å². The number of benzene rings is 2. The third-order valence-corrected chi connectivity index (χ3v) is 4.24. The topological polar surface area (TPSA) is 65.7 Å². The number of aromatic nitrogens is 2. The maximum Gasteiger partial charge on any atom is 0.363 e. The maximum absolute atomic E-state index is 12.2. The van der Waals surface area contributed by atoms with Crippen LogP contribution < -0.4 is 4.74 Å². The van der Waals surface area contributed by atoms with Crippen LogP contribution >= 0.6 is 0 Å². The molecule has 146 valence electrons. The molecule has 0 fully saturated rings. The first kappa shape index (κ1) is 18.7. The van der Waals surface area contributed by atoms with Crippen molar-refractivity contribution in [2.75, 3.05) is 0 Å². The molecule has 0 aliphatic carbocycles. The molecule has 2 aromatic carbocycles. The molecule has 1 aliphatic heterocycles. The van der Waals surface area contributed by atoms with Crippen LogP contribution in [0.4, 0.5) is 0 Å². The van der Waals surface area contributed by atoms with Gasteiger partial charge < -0.3 is 9.47 Å². The van der Waals surface area contributed by atoms with Gasteiger partial charge in [0.05, 0.1) is 18.8 Å². The molecule has 0 saturated carbocycles. The van der Waals surface area contributed by atoms with Crippen LogP contribution in [0.25, 0.3) is 6.08 Å². The van der Waals surface area contributed by atoms with E-state index in [1.807, 2.05) is 79.3 Å². The van der Waals surface area contributed by atoms with Crippen LogP contribution in [0.1, 0.15) is 30.5 Å². The Morgan fingerprint density at radius 1 is 1.10 bits per heavy atom. The van der Waals surface area contributed by atoms with Crippen molar-refractivity contribution in [3.8, 4) is 5.75 Å². The average Bonchev–Trinajstić information content (AvgIpc) is 3.29. The summed E-state index contributed by atoms with van der Waals surface area (Å²) in [4.78, 5) is 16.6. The summed E-state index contributed by atoms with van der Waals surface area (Å²) in [7, 11) is 0. The summed E-state index contributed by atoms with van der Waals surface area (Å²) in [5, 5.41) is 4.35. The normalized spacial score (nSPS) is 14.9. The van der Waals surface area contributed by atoms with Gasteiger partial charge >= 0.3 is 5.97 Å². The Morgan fingerprint density at radius 2 is 1.86 bits per heavy atom. The molecule has 2 heterocycles. The molecule has 3 aromatic rings. The minimum Gasteiger partial charge on any atom is -0.491 e. The zero-order valence-corrected chi connectivity index (χ0v) is 16.3. The second-order valence-electron chi connectivity index (χ2n) is 6.98. The largest absolute Gasteiger partial charge is 0.491 e. The molecule has 0 unspecified atom stereocenters. The number of aliphatic imine (C=N–C) groups is 1. The first-order chi connectivity index (χ1) is 14.1. The molecular weight excluding hydrogens is 366 g/mol. The standard InChI is InChI=1S/C23H21N3O3/c1-16(2)28-20-10-8-19(9-11-20)22-25-21(23(27)29-22)12-18-13-24-26(15-18)14-17-6-4-3-5-7-17/h3-13,15-16H,14H2,1-2H3. The number of esters is 1. The van der Waals surface area contributed by atoms with E-state index >= 15 is 0 Å². The van der Waals surface area contributed by atoms with Crippen molar-refractivity contribution in [3.05, 3.63) is 89.4 Å². The number of cyclic esters (lactones) is 1. The number of ether oxygens (including phenoxy) is 2. The van der Waals surface area contributed by atoms with Crippen molar-refractivity contribution in [1.82, 2.24) is 9.78 Å². The Hall–Kier alpha value is -3.67. The van der Waals surface area contributed by atoms with Crippen LogP contribution in [0.3, 0.4) is 0 Å². The van der Waals surface area contributed by atoms with E-state index in [-0.39, 0.29) is 17.7 Å². The first-order valence-electron chi connectivity index (χ1n) is 9.43. The van der Waals surface area contributed by atoms with Gasteiger partial charge in [0, 0.05) is 17.3 Å². The molecule has 6 heteroatoms. The molecule has 1 aromatic heterocycles. The third-order valence-electron chi connectivity index (χ3n) is 4.24. The van der Waals surface area contributed by atoms with E-state index in [9.17, 15) is 4.79 Å². The van der Waals surface area contributed by atoms with E-state index < -0.39 is 5.97 Å². The van der Waals surface area contributed by atoms with Crippen molar-refractivity contribution in [1.29, 1.82) is 0 Å². The molecule has 0 bridgehead atoms. The minimum atomic E-state index is -0.474. The lowest BCUT2D eigenvalue weighted by atomic mass is 10.2. The van der Waals surface area contributed by atoms with E-state index in [1.54, 1.807) is 12.3 Å². The SMILES string of the molecule is CC(C)Oc1ccc(C2=NC(=Cc3cnn(Cc4ccccc4)c3)C(=O)O2)cc1. The molecule has 0 atom stereocenters. The Balaban J connectivity index is 1.49. The van der Waals surface area contributed by atoms with Crippen LogP contribution in [0.2, 0.25) is 0 Å². The van der Waals surface area contributed by atoms with Gasteiger partial charge in [-0.2, -0.15) is 5.10 Å². The maximum atomic E-state index is 12.2. The summed E-state index contributed by atoms with van der Waals surface area (Å²) in [6, 6.07) is 17.4. The van der Waals surface area contributed by atoms with E-state index in [0.29, 0.717) is 6.54 Å². The van der Waals surface area contributed by atoms with Gasteiger partial charge in [-0.3, -0.25) is 4.68 Å². The molecular formula is C23H21N3O3. The predicted octanol–water partition coefficient (Wildman–Crippen LogP) is 4.06. The predicted molar refractivity (Wildman–Crippen MR) is 111 cm³/mol. The summed E-state index contributed by atoms with van der Waals surface area (Å²) in [5.74, 6) is 0.572. The number of carbonyl (C=O) groups is 1. The summed E-state index contributed by atoms with van der Waals surface area (Å²) < 4.78 is 12.8. The smallest absolute Gasteiger partial charge is 0.363 e. The number of nitrogens with zero attached hydrogens (tertiary/aromatic N) is 3. The molecule has 0 spiro atoms. The highest BCUT2D eigenvalue weighted by Crippen LogP contribution is 2.21. The summed E-state index contributed by atoms with van der Waals surface area (Å²) >= 11 is 0. The number of carbonyl (C=O) groups excluding carboxylic acids is 1. The van der Waals surface area contributed by atoms with E-state index in [1.165, 1.54) is 0 Å². The fraction of sp³-hybridized carbons (Fsp3) is 0.174. The molecule has 29 heavy (non-hydrogen) atoms. The second kappa shape index (κ2) is 8.14. The van der Waals surface area contributed by atoms with E-state index in [4.69, 9.17) is 9.47 Å². The zero-order chi connectivity index (χ0) is 20.2. The molecule has 1 aliphatic rings. The zero-order valence-electron chi connectivity index (χ0n) is 16.3. The van der Waals surface area contributed by atoms with Crippen LogP contribution in [-0.4, -0.2) is 27.8 Å². The Labute approximate surface area is 169 Å². The highest BCUT2D eigenvalue weighted by Gasteiger charge is 2.24. The summed E-state index contributed by atoms with van der Waals surface area (Å²) in [6.45, 7) is 4.60. The third kappa shape index (κ3) is 4.60. The van der Waals surface area contributed by atoms with Crippen LogP contribution in [-0.2, 0) is 16.1 Å². The average molecular weight is 387 g/mol. The van der Waals surface area contributed by atoms with Gasteiger partial charge in [0.15, 0.2) is 5.70 Å². The Morgan fingerprint density at radius 3 is 2.59 bits per heavy atom. The summed E-state index contributed by atoms with van der Waals surface area (Å²) in [5.41, 5.74) is 2.92. The van der Waals surface area contributed by atoms with Gasteiger partial charge in [-0.05, 0) is 49.8 Å². The van der Waals surface area contributed by atoms with E-state index in [0.717, 1.165) is 22.4 Å². The second-order valence-corrected chi connectivity index (χ2v) is 6.98. The highest BCUT2D eigenvalue weighted by molar-refractivity contribution is 6.12. The molecule has 0 amide bonds. The van der Waals surface area contributed by atoms with Crippen LogP contribution in [0, 0.1) is 0 Å². The van der Waals surface area contributed by atoms with Crippen molar-refractivity contribution < 1.29 is 14.3 Å². The van der Waals surface area contributed by atoms with Crippen molar-refractivity contribution in [2.45, 2.75) is 26.5 Å². The summed E-state index contributed by atoms with van der Waals surface area (Å²) in [6.07, 6.45) is 5.35. The number of hydrogen-bond acceptors (Lipinski definition) is 5. The van der Waals surface area contributed by atoms with Gasteiger partial charge in [0.1, 0.15) is 5.75 Å². The highest BCUT2D eigenvalue weighted by atomic mass is 16.6. The van der Waals surface area contributed by atoms with Crippen molar-refractivity contribution in [2.24, 2.45) is 4.99 Å². The Kier molecular flexibility index (Phi) is 5.24. The number of rotatable bonds is 6. The molecule has 6 nitrogen and oxygen atoms in total. The molecule has 0 N–H and O–H groups in total. The monoisotopic (exact) mass is 387 g/mol. The lowest BCUT2D eigenvalue weighted by Gasteiger charge is -2.09. The fourth-order valence-corrected chi connectivity index (χ4v) is 2.95. The van der Waals surface area contributed by atoms with Crippen molar-refractivity contribution >= 4 is 17.9 Å². The molecule has 4 rings (SSSR count). The van der Waals surface area contributed by atoms with Gasteiger partial charge in [-0.25, -0.2) is 9.79 Å². The van der Waals surface area contributed by atoms with Gasteiger partial charge in [0.25, 0.3) is 0 Å². The van der Waals surface area contributed by atoms with Crippen LogP contribution in [0.15, 0.2) is 77.7 Å². The van der Waals surface area contributed by atoms with Crippen molar-refractivity contribution in [3.63, 3.8) is 0 Å². The Bertz CT molecular complexity index is 1060. The first-order valence-corrected chi connectivity index (χ1v) is 9.43. The fourth-order valence-electron chi connectivity index (χ4n) is 2.95. The van der Waals surface area contributed by atoms with Gasteiger partial charge in [-0.1, -0.05) is 30.3 Å². The van der Waals surface area contributed by atoms with Gasteiger partial charge in [-0.15, -0.1) is 0 Å². The lowest BCUT2D eigenvalue weighted by molar-refractivity contribution is -0.129. The number of hydrogen-bond donors (Lipinski definition) is 0. The quantitative estimate of drug-likeness (QED) is 0.473.